The van der Waals surface area contributed by atoms with Gasteiger partial charge in [-0.25, -0.2) is 4.79 Å². The zero-order valence-corrected chi connectivity index (χ0v) is 15.6. The van der Waals surface area contributed by atoms with Crippen molar-refractivity contribution in [2.24, 2.45) is 0 Å². The molecule has 29 heavy (non-hydrogen) atoms. The molecule has 3 aromatic carbocycles. The lowest BCUT2D eigenvalue weighted by molar-refractivity contribution is -0.118. The lowest BCUT2D eigenvalue weighted by atomic mass is 9.98. The van der Waals surface area contributed by atoms with Gasteiger partial charge in [-0.3, -0.25) is 10.1 Å². The maximum atomic E-state index is 12.3. The van der Waals surface area contributed by atoms with Gasteiger partial charge >= 0.3 is 6.09 Å². The van der Waals surface area contributed by atoms with Gasteiger partial charge in [-0.2, -0.15) is 0 Å². The summed E-state index contributed by atoms with van der Waals surface area (Å²) in [6, 6.07) is 22.9. The number of benzene rings is 3. The number of hydrogen-bond acceptors (Lipinski definition) is 4. The first-order valence-electron chi connectivity index (χ1n) is 9.28. The SMILES string of the molecule is O=C(CO)Nc1cccc(NC(=O)OCC2c3ccccc3-c3ccccc32)c1. The number of rotatable bonds is 5. The molecular weight excluding hydrogens is 368 g/mol. The van der Waals surface area contributed by atoms with E-state index in [4.69, 9.17) is 9.84 Å². The van der Waals surface area contributed by atoms with Crippen LogP contribution in [0.4, 0.5) is 16.2 Å². The van der Waals surface area contributed by atoms with Gasteiger partial charge in [-0.05, 0) is 40.5 Å². The van der Waals surface area contributed by atoms with Gasteiger partial charge in [0.15, 0.2) is 0 Å². The lowest BCUT2D eigenvalue weighted by Gasteiger charge is -2.15. The molecule has 0 atom stereocenters. The van der Waals surface area contributed by atoms with E-state index >= 15 is 0 Å². The molecule has 3 aromatic rings. The Balaban J connectivity index is 1.43. The van der Waals surface area contributed by atoms with Crippen LogP contribution in [-0.4, -0.2) is 30.3 Å². The zero-order chi connectivity index (χ0) is 20.2. The zero-order valence-electron chi connectivity index (χ0n) is 15.6. The lowest BCUT2D eigenvalue weighted by Crippen LogP contribution is -2.18. The number of carbonyl (C=O) groups excluding carboxylic acids is 2. The number of hydrogen-bond donors (Lipinski definition) is 3. The van der Waals surface area contributed by atoms with Crippen molar-refractivity contribution in [2.75, 3.05) is 23.8 Å². The summed E-state index contributed by atoms with van der Waals surface area (Å²) in [4.78, 5) is 23.6. The number of ether oxygens (including phenoxy) is 1. The van der Waals surface area contributed by atoms with Gasteiger partial charge in [-0.1, -0.05) is 54.6 Å². The van der Waals surface area contributed by atoms with Gasteiger partial charge in [-0.15, -0.1) is 0 Å². The summed E-state index contributed by atoms with van der Waals surface area (Å²) in [6.07, 6.45) is -0.572. The summed E-state index contributed by atoms with van der Waals surface area (Å²) >= 11 is 0. The predicted octanol–water partition coefficient (Wildman–Crippen LogP) is 3.98. The monoisotopic (exact) mass is 388 g/mol. The van der Waals surface area contributed by atoms with Crippen LogP contribution in [-0.2, 0) is 9.53 Å². The van der Waals surface area contributed by atoms with Crippen molar-refractivity contribution in [3.8, 4) is 11.1 Å². The minimum Gasteiger partial charge on any atom is -0.448 e. The van der Waals surface area contributed by atoms with Crippen LogP contribution in [0.2, 0.25) is 0 Å². The molecule has 0 heterocycles. The second-order valence-electron chi connectivity index (χ2n) is 6.74. The van der Waals surface area contributed by atoms with E-state index in [1.54, 1.807) is 24.3 Å². The van der Waals surface area contributed by atoms with Crippen molar-refractivity contribution in [1.82, 2.24) is 0 Å². The fourth-order valence-electron chi connectivity index (χ4n) is 3.63. The molecule has 6 heteroatoms. The Morgan fingerprint density at radius 1 is 0.828 bits per heavy atom. The number of fused-ring (bicyclic) bond motifs is 3. The fraction of sp³-hybridized carbons (Fsp3) is 0.130. The minimum atomic E-state index is -0.607. The molecule has 0 aromatic heterocycles. The highest BCUT2D eigenvalue weighted by Crippen LogP contribution is 2.44. The third kappa shape index (κ3) is 3.97. The van der Waals surface area contributed by atoms with Gasteiger partial charge in [0, 0.05) is 17.3 Å². The van der Waals surface area contributed by atoms with Gasteiger partial charge < -0.3 is 15.2 Å². The van der Waals surface area contributed by atoms with Crippen LogP contribution in [0.3, 0.4) is 0 Å². The van der Waals surface area contributed by atoms with Crippen LogP contribution in [0.5, 0.6) is 0 Å². The third-order valence-corrected chi connectivity index (χ3v) is 4.88. The molecule has 0 spiro atoms. The molecule has 4 rings (SSSR count). The molecule has 0 saturated heterocycles. The van der Waals surface area contributed by atoms with E-state index < -0.39 is 18.6 Å². The molecule has 1 aliphatic rings. The molecule has 0 bridgehead atoms. The molecule has 0 aliphatic heterocycles. The Bertz CT molecular complexity index is 1020. The van der Waals surface area contributed by atoms with Crippen LogP contribution < -0.4 is 10.6 Å². The highest BCUT2D eigenvalue weighted by molar-refractivity contribution is 5.93. The fourth-order valence-corrected chi connectivity index (χ4v) is 3.63. The topological polar surface area (TPSA) is 87.7 Å². The first kappa shape index (κ1) is 18.7. The molecule has 0 unspecified atom stereocenters. The van der Waals surface area contributed by atoms with E-state index in [9.17, 15) is 9.59 Å². The van der Waals surface area contributed by atoms with Crippen LogP contribution in [0.25, 0.3) is 11.1 Å². The minimum absolute atomic E-state index is 0.0108. The molecule has 3 N–H and O–H groups in total. The summed E-state index contributed by atoms with van der Waals surface area (Å²) in [5, 5.41) is 14.0. The van der Waals surface area contributed by atoms with Crippen molar-refractivity contribution in [1.29, 1.82) is 0 Å². The summed E-state index contributed by atoms with van der Waals surface area (Å²) in [5.74, 6) is -0.536. The molecule has 0 radical (unpaired) electrons. The first-order valence-corrected chi connectivity index (χ1v) is 9.28. The number of anilines is 2. The second kappa shape index (κ2) is 8.16. The van der Waals surface area contributed by atoms with Crippen molar-refractivity contribution in [2.45, 2.75) is 5.92 Å². The number of nitrogens with one attached hydrogen (secondary N) is 2. The van der Waals surface area contributed by atoms with E-state index in [-0.39, 0.29) is 12.5 Å². The van der Waals surface area contributed by atoms with Crippen molar-refractivity contribution in [3.63, 3.8) is 0 Å². The number of aliphatic hydroxyl groups is 1. The van der Waals surface area contributed by atoms with E-state index in [1.807, 2.05) is 24.3 Å². The quantitative estimate of drug-likeness (QED) is 0.617. The summed E-state index contributed by atoms with van der Waals surface area (Å²) < 4.78 is 5.51. The number of amides is 2. The molecule has 6 nitrogen and oxygen atoms in total. The Morgan fingerprint density at radius 3 is 2.03 bits per heavy atom. The van der Waals surface area contributed by atoms with E-state index in [1.165, 1.54) is 11.1 Å². The van der Waals surface area contributed by atoms with Crippen molar-refractivity contribution >= 4 is 23.4 Å². The highest BCUT2D eigenvalue weighted by Gasteiger charge is 2.28. The van der Waals surface area contributed by atoms with Gasteiger partial charge in [0.05, 0.1) is 0 Å². The maximum absolute atomic E-state index is 12.3. The smallest absolute Gasteiger partial charge is 0.411 e. The van der Waals surface area contributed by atoms with Crippen LogP contribution in [0.15, 0.2) is 72.8 Å². The normalized spacial score (nSPS) is 12.0. The van der Waals surface area contributed by atoms with Gasteiger partial charge in [0.2, 0.25) is 5.91 Å². The van der Waals surface area contributed by atoms with Crippen LogP contribution in [0.1, 0.15) is 17.0 Å². The van der Waals surface area contributed by atoms with Gasteiger partial charge in [0.1, 0.15) is 13.2 Å². The third-order valence-electron chi connectivity index (χ3n) is 4.88. The maximum Gasteiger partial charge on any atom is 0.411 e. The Labute approximate surface area is 168 Å². The predicted molar refractivity (Wildman–Crippen MR) is 111 cm³/mol. The Morgan fingerprint density at radius 2 is 1.41 bits per heavy atom. The van der Waals surface area contributed by atoms with Crippen molar-refractivity contribution < 1.29 is 19.4 Å². The molecular formula is C23H20N2O4. The molecule has 1 aliphatic carbocycles. The number of carbonyl (C=O) groups is 2. The average molecular weight is 388 g/mol. The largest absolute Gasteiger partial charge is 0.448 e. The summed E-state index contributed by atoms with van der Waals surface area (Å²) in [6.45, 7) is -0.384. The van der Waals surface area contributed by atoms with E-state index in [0.29, 0.717) is 11.4 Å². The average Bonchev–Trinajstić information content (AvgIpc) is 3.06. The molecule has 0 saturated carbocycles. The highest BCUT2D eigenvalue weighted by atomic mass is 16.5. The van der Waals surface area contributed by atoms with E-state index in [2.05, 4.69) is 34.9 Å². The van der Waals surface area contributed by atoms with Gasteiger partial charge in [0.25, 0.3) is 0 Å². The summed E-state index contributed by atoms with van der Waals surface area (Å²) in [7, 11) is 0. The van der Waals surface area contributed by atoms with Crippen LogP contribution in [0, 0.1) is 0 Å². The standard InChI is InChI=1S/C23H20N2O4/c26-13-22(27)24-15-6-5-7-16(12-15)25-23(28)29-14-21-19-10-3-1-8-17(19)18-9-2-4-11-20(18)21/h1-12,21,26H,13-14H2,(H,24,27)(H,25,28). The molecule has 2 amide bonds. The van der Waals surface area contributed by atoms with Crippen molar-refractivity contribution in [3.05, 3.63) is 83.9 Å². The van der Waals surface area contributed by atoms with Crippen LogP contribution >= 0.6 is 0 Å². The molecule has 0 fully saturated rings. The number of aliphatic hydroxyl groups excluding tert-OH is 1. The summed E-state index contributed by atoms with van der Waals surface area (Å²) in [5.41, 5.74) is 5.60. The van der Waals surface area contributed by atoms with E-state index in [0.717, 1.165) is 11.1 Å². The Hall–Kier alpha value is -3.64. The molecule has 146 valence electrons. The Kier molecular flexibility index (Phi) is 5.27. The second-order valence-corrected chi connectivity index (χ2v) is 6.74. The first-order chi connectivity index (χ1) is 14.2.